The summed E-state index contributed by atoms with van der Waals surface area (Å²) in [7, 11) is -2.52. The highest BCUT2D eigenvalue weighted by atomic mass is 32.2. The molecule has 0 bridgehead atoms. The smallest absolute Gasteiger partial charge is 0.490 e. The van der Waals surface area contributed by atoms with Gasteiger partial charge in [0, 0.05) is 0 Å². The Labute approximate surface area is 197 Å². The number of nitrogens with two attached hydrogens (primary N) is 1. The number of nitrogens with one attached hydrogen (secondary N) is 2. The number of amides is 2. The summed E-state index contributed by atoms with van der Waals surface area (Å²) in [5.74, 6) is -4.90. The number of hydrogen-bond acceptors (Lipinski definition) is 8. The summed E-state index contributed by atoms with van der Waals surface area (Å²) >= 11 is 0. The maximum absolute atomic E-state index is 12.6. The van der Waals surface area contributed by atoms with Crippen molar-refractivity contribution in [1.82, 2.24) is 10.8 Å². The molecule has 35 heavy (non-hydrogen) atoms. The molecule has 0 spiro atoms. The maximum Gasteiger partial charge on any atom is 0.490 e. The number of methoxy groups -OCH3 is 1. The summed E-state index contributed by atoms with van der Waals surface area (Å²) < 4.78 is 61.9. The van der Waals surface area contributed by atoms with Gasteiger partial charge in [0.1, 0.15) is 17.8 Å². The van der Waals surface area contributed by atoms with Crippen molar-refractivity contribution in [3.63, 3.8) is 0 Å². The monoisotopic (exact) mass is 521 g/mol. The van der Waals surface area contributed by atoms with E-state index in [0.29, 0.717) is 11.3 Å². The Bertz CT molecular complexity index is 1110. The number of carbonyl (C=O) groups excluding carboxylic acids is 2. The molecule has 15 heteroatoms. The van der Waals surface area contributed by atoms with Gasteiger partial charge in [-0.25, -0.2) is 18.7 Å². The van der Waals surface area contributed by atoms with Crippen LogP contribution in [0, 0.1) is 0 Å². The lowest BCUT2D eigenvalue weighted by Gasteiger charge is -2.20. The molecular weight excluding hydrogens is 499 g/mol. The number of alkyl halides is 3. The zero-order valence-electron chi connectivity index (χ0n) is 18.0. The fourth-order valence-electron chi connectivity index (χ4n) is 2.43. The van der Waals surface area contributed by atoms with E-state index in [2.05, 4.69) is 5.32 Å². The third-order valence-corrected chi connectivity index (χ3v) is 5.99. The number of aliphatic carboxylic acids is 1. The third kappa shape index (κ3) is 9.23. The zero-order chi connectivity index (χ0) is 26.8. The van der Waals surface area contributed by atoms with E-state index < -0.39 is 51.6 Å². The van der Waals surface area contributed by atoms with Gasteiger partial charge in [-0.15, -0.1) is 0 Å². The molecule has 0 heterocycles. The molecule has 0 aliphatic heterocycles. The Hall–Kier alpha value is -3.69. The van der Waals surface area contributed by atoms with Gasteiger partial charge in [0.15, 0.2) is 9.84 Å². The predicted molar refractivity (Wildman–Crippen MR) is 114 cm³/mol. The molecule has 2 atom stereocenters. The molecule has 0 radical (unpaired) electrons. The summed E-state index contributed by atoms with van der Waals surface area (Å²) in [4.78, 5) is 33.1. The van der Waals surface area contributed by atoms with Crippen LogP contribution in [0.25, 0.3) is 0 Å². The number of hydrogen-bond donors (Lipinski definition) is 5. The van der Waals surface area contributed by atoms with Crippen LogP contribution >= 0.6 is 0 Å². The van der Waals surface area contributed by atoms with Crippen molar-refractivity contribution in [2.45, 2.75) is 23.2 Å². The minimum Gasteiger partial charge on any atom is -0.497 e. The van der Waals surface area contributed by atoms with Crippen molar-refractivity contribution in [3.05, 3.63) is 60.2 Å². The fraction of sp³-hybridized carbons (Fsp3) is 0.250. The first kappa shape index (κ1) is 29.3. The zero-order valence-corrected chi connectivity index (χ0v) is 18.8. The van der Waals surface area contributed by atoms with Crippen LogP contribution in [-0.4, -0.2) is 61.6 Å². The molecule has 0 fully saturated rings. The molecule has 2 aromatic rings. The second-order valence-electron chi connectivity index (χ2n) is 6.69. The Morgan fingerprint density at radius 1 is 1.03 bits per heavy atom. The largest absolute Gasteiger partial charge is 0.497 e. The summed E-state index contributed by atoms with van der Waals surface area (Å²) in [6.45, 7) is 0. The van der Waals surface area contributed by atoms with E-state index in [1.165, 1.54) is 36.9 Å². The van der Waals surface area contributed by atoms with E-state index in [4.69, 9.17) is 25.6 Å². The first-order valence-electron chi connectivity index (χ1n) is 9.44. The van der Waals surface area contributed by atoms with Crippen molar-refractivity contribution in [3.8, 4) is 5.75 Å². The second kappa shape index (κ2) is 12.7. The first-order valence-corrected chi connectivity index (χ1v) is 11.1. The van der Waals surface area contributed by atoms with Gasteiger partial charge in [-0.05, 0) is 29.8 Å². The van der Waals surface area contributed by atoms with Crippen molar-refractivity contribution in [2.75, 3.05) is 12.9 Å². The minimum absolute atomic E-state index is 0.0642. The van der Waals surface area contributed by atoms with Crippen LogP contribution in [0.15, 0.2) is 59.5 Å². The predicted octanol–water partition coefficient (Wildman–Crippen LogP) is 0.792. The number of carboxylic acid groups (broad SMARTS) is 1. The van der Waals surface area contributed by atoms with Gasteiger partial charge in [-0.3, -0.25) is 14.8 Å². The lowest BCUT2D eigenvalue weighted by molar-refractivity contribution is -0.192. The quantitative estimate of drug-likeness (QED) is 0.247. The third-order valence-electron chi connectivity index (χ3n) is 4.23. The van der Waals surface area contributed by atoms with Crippen molar-refractivity contribution in [2.24, 2.45) is 5.73 Å². The number of hydroxylamine groups is 1. The normalized spacial score (nSPS) is 12.9. The molecular formula is C20H22F3N3O8S. The number of carboxylic acids is 1. The van der Waals surface area contributed by atoms with E-state index in [1.54, 1.807) is 30.3 Å². The van der Waals surface area contributed by atoms with Crippen molar-refractivity contribution in [1.29, 1.82) is 0 Å². The van der Waals surface area contributed by atoms with Crippen molar-refractivity contribution < 1.29 is 51.0 Å². The van der Waals surface area contributed by atoms with E-state index in [9.17, 15) is 31.2 Å². The molecule has 0 saturated heterocycles. The average molecular weight is 521 g/mol. The molecule has 6 N–H and O–H groups in total. The number of ether oxygens (including phenoxy) is 1. The lowest BCUT2D eigenvalue weighted by Crippen LogP contribution is -2.51. The maximum atomic E-state index is 12.6. The number of sulfone groups is 1. The lowest BCUT2D eigenvalue weighted by atomic mass is 10.1. The van der Waals surface area contributed by atoms with Gasteiger partial charge in [-0.1, -0.05) is 30.3 Å². The van der Waals surface area contributed by atoms with Gasteiger partial charge in [0.05, 0.1) is 17.8 Å². The molecule has 2 amide bonds. The molecule has 0 aliphatic carbocycles. The minimum atomic E-state index is -5.08. The second-order valence-corrected chi connectivity index (χ2v) is 8.72. The van der Waals surface area contributed by atoms with Gasteiger partial charge in [0.2, 0.25) is 5.91 Å². The molecule has 192 valence electrons. The summed E-state index contributed by atoms with van der Waals surface area (Å²) in [6, 6.07) is 11.3. The van der Waals surface area contributed by atoms with Gasteiger partial charge >= 0.3 is 12.1 Å². The number of rotatable bonds is 8. The Morgan fingerprint density at radius 3 is 1.97 bits per heavy atom. The number of carbonyl (C=O) groups is 3. The molecule has 2 unspecified atom stereocenters. The molecule has 2 aromatic carbocycles. The van der Waals surface area contributed by atoms with Crippen molar-refractivity contribution >= 4 is 27.6 Å². The average Bonchev–Trinajstić information content (AvgIpc) is 2.82. The van der Waals surface area contributed by atoms with E-state index >= 15 is 0 Å². The van der Waals surface area contributed by atoms with Crippen LogP contribution in [0.3, 0.4) is 0 Å². The highest BCUT2D eigenvalue weighted by molar-refractivity contribution is 7.91. The first-order chi connectivity index (χ1) is 16.2. The van der Waals surface area contributed by atoms with Crippen LogP contribution in [0.4, 0.5) is 13.2 Å². The summed E-state index contributed by atoms with van der Waals surface area (Å²) in [5.41, 5.74) is 7.72. The van der Waals surface area contributed by atoms with Crippen LogP contribution in [0.2, 0.25) is 0 Å². The van der Waals surface area contributed by atoms with Gasteiger partial charge in [-0.2, -0.15) is 13.2 Å². The van der Waals surface area contributed by atoms with Crippen LogP contribution in [-0.2, 0) is 24.2 Å². The Balaban J connectivity index is 0.000000762. The number of benzene rings is 2. The highest BCUT2D eigenvalue weighted by Crippen LogP contribution is 2.18. The summed E-state index contributed by atoms with van der Waals surface area (Å²) in [6.07, 6.45) is -5.08. The van der Waals surface area contributed by atoms with Crippen LogP contribution in [0.5, 0.6) is 5.75 Å². The van der Waals surface area contributed by atoms with Crippen LogP contribution < -0.4 is 21.3 Å². The fourth-order valence-corrected chi connectivity index (χ4v) is 3.85. The Kier molecular flexibility index (Phi) is 10.6. The standard InChI is InChI=1S/C18H21N3O6S.C2HF3O2/c1-27-13-7-9-14(10-8-13)28(25,26)11-15(17(22)21-24)20-18(23)16(19)12-5-3-2-4-6-12;3-2(4,5)1(6)7/h2-10,15-16,24H,11,19H2,1H3,(H,20,23)(H,21,22);(H,6,7). The number of halogens is 3. The molecule has 11 nitrogen and oxygen atoms in total. The van der Waals surface area contributed by atoms with Crippen LogP contribution in [0.1, 0.15) is 11.6 Å². The Morgan fingerprint density at radius 2 is 1.54 bits per heavy atom. The molecule has 0 aromatic heterocycles. The van der Waals surface area contributed by atoms with Gasteiger partial charge < -0.3 is 20.9 Å². The topological polar surface area (TPSA) is 185 Å². The van der Waals surface area contributed by atoms with E-state index in [1.807, 2.05) is 0 Å². The molecule has 2 rings (SSSR count). The highest BCUT2D eigenvalue weighted by Gasteiger charge is 2.38. The summed E-state index contributed by atoms with van der Waals surface area (Å²) in [5, 5.41) is 18.3. The van der Waals surface area contributed by atoms with E-state index in [-0.39, 0.29) is 4.90 Å². The molecule has 0 aliphatic rings. The van der Waals surface area contributed by atoms with Gasteiger partial charge in [0.25, 0.3) is 5.91 Å². The molecule has 0 saturated carbocycles. The van der Waals surface area contributed by atoms with E-state index in [0.717, 1.165) is 0 Å². The SMILES string of the molecule is COc1ccc(S(=O)(=O)CC(NC(=O)C(N)c2ccccc2)C(=O)NO)cc1.O=C(O)C(F)(F)F.